The van der Waals surface area contributed by atoms with E-state index in [0.717, 1.165) is 24.0 Å². The first kappa shape index (κ1) is 18.2. The van der Waals surface area contributed by atoms with Crippen molar-refractivity contribution < 1.29 is 14.7 Å². The van der Waals surface area contributed by atoms with E-state index in [0.29, 0.717) is 25.4 Å². The van der Waals surface area contributed by atoms with Gasteiger partial charge < -0.3 is 10.0 Å². The van der Waals surface area contributed by atoms with Gasteiger partial charge in [-0.25, -0.2) is 4.79 Å². The molecule has 0 atom stereocenters. The SMILES string of the molecule is CC(C)c1ccc(CCC(=O)N2CCc3ccc(C(=O)O)cc3C2)cc1. The number of aromatic carboxylic acids is 1. The predicted octanol–water partition coefficient (Wildman–Crippen LogP) is 4.03. The van der Waals surface area contributed by atoms with Crippen LogP contribution in [0.3, 0.4) is 0 Å². The molecule has 136 valence electrons. The van der Waals surface area contributed by atoms with E-state index in [1.807, 2.05) is 11.0 Å². The van der Waals surface area contributed by atoms with Crippen LogP contribution in [0, 0.1) is 0 Å². The van der Waals surface area contributed by atoms with Crippen molar-refractivity contribution in [2.75, 3.05) is 6.54 Å². The van der Waals surface area contributed by atoms with Crippen LogP contribution in [0.2, 0.25) is 0 Å². The maximum Gasteiger partial charge on any atom is 0.335 e. The Morgan fingerprint density at radius 2 is 1.81 bits per heavy atom. The number of carboxylic acids is 1. The molecule has 1 amide bonds. The van der Waals surface area contributed by atoms with Gasteiger partial charge in [-0.3, -0.25) is 4.79 Å². The van der Waals surface area contributed by atoms with Crippen molar-refractivity contribution in [1.82, 2.24) is 4.90 Å². The van der Waals surface area contributed by atoms with Crippen molar-refractivity contribution in [3.8, 4) is 0 Å². The summed E-state index contributed by atoms with van der Waals surface area (Å²) in [5.41, 5.74) is 4.85. The average molecular weight is 351 g/mol. The van der Waals surface area contributed by atoms with Gasteiger partial charge in [-0.15, -0.1) is 0 Å². The monoisotopic (exact) mass is 351 g/mol. The molecule has 0 spiro atoms. The number of rotatable bonds is 5. The quantitative estimate of drug-likeness (QED) is 0.885. The number of carboxylic acid groups (broad SMARTS) is 1. The van der Waals surface area contributed by atoms with Gasteiger partial charge >= 0.3 is 5.97 Å². The summed E-state index contributed by atoms with van der Waals surface area (Å²) < 4.78 is 0. The minimum atomic E-state index is -0.930. The smallest absolute Gasteiger partial charge is 0.335 e. The lowest BCUT2D eigenvalue weighted by Crippen LogP contribution is -2.36. The first-order chi connectivity index (χ1) is 12.4. The number of amides is 1. The Morgan fingerprint density at radius 3 is 2.46 bits per heavy atom. The Balaban J connectivity index is 1.60. The van der Waals surface area contributed by atoms with Crippen molar-refractivity contribution in [1.29, 1.82) is 0 Å². The number of nitrogens with zero attached hydrogens (tertiary/aromatic N) is 1. The molecule has 4 heteroatoms. The van der Waals surface area contributed by atoms with Gasteiger partial charge in [0.15, 0.2) is 0 Å². The lowest BCUT2D eigenvalue weighted by Gasteiger charge is -2.29. The minimum absolute atomic E-state index is 0.129. The molecule has 2 aromatic carbocycles. The van der Waals surface area contributed by atoms with Crippen LogP contribution in [0.4, 0.5) is 0 Å². The number of carbonyl (C=O) groups excluding carboxylic acids is 1. The molecule has 0 unspecified atom stereocenters. The van der Waals surface area contributed by atoms with Crippen molar-refractivity contribution in [2.45, 2.75) is 45.6 Å². The molecular weight excluding hydrogens is 326 g/mol. The van der Waals surface area contributed by atoms with Crippen LogP contribution in [0.5, 0.6) is 0 Å². The van der Waals surface area contributed by atoms with Gasteiger partial charge in [-0.2, -0.15) is 0 Å². The summed E-state index contributed by atoms with van der Waals surface area (Å²) in [5, 5.41) is 9.14. The molecular formula is C22H25NO3. The summed E-state index contributed by atoms with van der Waals surface area (Å²) in [6, 6.07) is 13.7. The highest BCUT2D eigenvalue weighted by Crippen LogP contribution is 2.22. The number of hydrogen-bond acceptors (Lipinski definition) is 2. The molecule has 26 heavy (non-hydrogen) atoms. The summed E-state index contributed by atoms with van der Waals surface area (Å²) in [7, 11) is 0. The number of carbonyl (C=O) groups is 2. The molecule has 1 aliphatic rings. The van der Waals surface area contributed by atoms with Crippen molar-refractivity contribution in [2.24, 2.45) is 0 Å². The van der Waals surface area contributed by atoms with E-state index in [1.165, 1.54) is 11.1 Å². The van der Waals surface area contributed by atoms with Gasteiger partial charge in [0.25, 0.3) is 0 Å². The second kappa shape index (κ2) is 7.73. The second-order valence-electron chi connectivity index (χ2n) is 7.25. The van der Waals surface area contributed by atoms with E-state index in [2.05, 4.69) is 38.1 Å². The fourth-order valence-electron chi connectivity index (χ4n) is 3.38. The third-order valence-electron chi connectivity index (χ3n) is 5.09. The zero-order valence-corrected chi connectivity index (χ0v) is 15.4. The maximum atomic E-state index is 12.6. The topological polar surface area (TPSA) is 57.6 Å². The fourth-order valence-corrected chi connectivity index (χ4v) is 3.38. The summed E-state index contributed by atoms with van der Waals surface area (Å²) in [6.07, 6.45) is 1.99. The lowest BCUT2D eigenvalue weighted by molar-refractivity contribution is -0.132. The molecule has 0 aromatic heterocycles. The molecule has 0 bridgehead atoms. The van der Waals surface area contributed by atoms with Gasteiger partial charge in [0.1, 0.15) is 0 Å². The van der Waals surface area contributed by atoms with Gasteiger partial charge in [0.2, 0.25) is 5.91 Å². The second-order valence-corrected chi connectivity index (χ2v) is 7.25. The number of benzene rings is 2. The standard InChI is InChI=1S/C22H25NO3/c1-15(2)17-6-3-16(4-7-17)5-10-21(24)23-12-11-18-8-9-19(22(25)26)13-20(18)14-23/h3-4,6-9,13,15H,5,10-12,14H2,1-2H3,(H,25,26). The van der Waals surface area contributed by atoms with Crippen LogP contribution in [-0.2, 0) is 24.2 Å². The van der Waals surface area contributed by atoms with E-state index < -0.39 is 5.97 Å². The number of hydrogen-bond donors (Lipinski definition) is 1. The van der Waals surface area contributed by atoms with Crippen LogP contribution < -0.4 is 0 Å². The van der Waals surface area contributed by atoms with E-state index in [9.17, 15) is 9.59 Å². The maximum absolute atomic E-state index is 12.6. The van der Waals surface area contributed by atoms with Crippen LogP contribution >= 0.6 is 0 Å². The Kier molecular flexibility index (Phi) is 5.40. The molecule has 3 rings (SSSR count). The first-order valence-electron chi connectivity index (χ1n) is 9.15. The highest BCUT2D eigenvalue weighted by Gasteiger charge is 2.21. The Bertz CT molecular complexity index is 809. The van der Waals surface area contributed by atoms with Crippen LogP contribution in [0.15, 0.2) is 42.5 Å². The van der Waals surface area contributed by atoms with Crippen molar-refractivity contribution >= 4 is 11.9 Å². The fraction of sp³-hybridized carbons (Fsp3) is 0.364. The summed E-state index contributed by atoms with van der Waals surface area (Å²) in [5.74, 6) is -0.291. The number of aryl methyl sites for hydroxylation is 1. The largest absolute Gasteiger partial charge is 0.478 e. The van der Waals surface area contributed by atoms with Gasteiger partial charge in [-0.1, -0.05) is 44.2 Å². The van der Waals surface area contributed by atoms with E-state index in [4.69, 9.17) is 5.11 Å². The predicted molar refractivity (Wildman–Crippen MR) is 101 cm³/mol. The third kappa shape index (κ3) is 4.13. The van der Waals surface area contributed by atoms with Gasteiger partial charge in [-0.05, 0) is 53.1 Å². The highest BCUT2D eigenvalue weighted by atomic mass is 16.4. The summed E-state index contributed by atoms with van der Waals surface area (Å²) in [6.45, 7) is 5.54. The zero-order valence-electron chi connectivity index (χ0n) is 15.4. The molecule has 1 heterocycles. The Morgan fingerprint density at radius 1 is 1.08 bits per heavy atom. The lowest BCUT2D eigenvalue weighted by atomic mass is 9.96. The van der Waals surface area contributed by atoms with Crippen LogP contribution in [0.25, 0.3) is 0 Å². The first-order valence-corrected chi connectivity index (χ1v) is 9.15. The summed E-state index contributed by atoms with van der Waals surface area (Å²) in [4.78, 5) is 25.6. The number of fused-ring (bicyclic) bond motifs is 1. The molecule has 0 radical (unpaired) electrons. The van der Waals surface area contributed by atoms with Crippen molar-refractivity contribution in [3.63, 3.8) is 0 Å². The Labute approximate surface area is 154 Å². The zero-order chi connectivity index (χ0) is 18.7. The molecule has 2 aromatic rings. The molecule has 1 N–H and O–H groups in total. The van der Waals surface area contributed by atoms with Crippen LogP contribution in [0.1, 0.15) is 58.8 Å². The molecule has 0 fully saturated rings. The average Bonchev–Trinajstić information content (AvgIpc) is 2.65. The molecule has 0 aliphatic carbocycles. The minimum Gasteiger partial charge on any atom is -0.478 e. The third-order valence-corrected chi connectivity index (χ3v) is 5.09. The molecule has 4 nitrogen and oxygen atoms in total. The van der Waals surface area contributed by atoms with E-state index in [1.54, 1.807) is 12.1 Å². The molecule has 0 saturated heterocycles. The molecule has 1 aliphatic heterocycles. The normalized spacial score (nSPS) is 13.6. The van der Waals surface area contributed by atoms with Gasteiger partial charge in [0.05, 0.1) is 5.56 Å². The van der Waals surface area contributed by atoms with Gasteiger partial charge in [0, 0.05) is 19.5 Å². The summed E-state index contributed by atoms with van der Waals surface area (Å²) >= 11 is 0. The highest BCUT2D eigenvalue weighted by molar-refractivity contribution is 5.88. The van der Waals surface area contributed by atoms with E-state index >= 15 is 0 Å². The van der Waals surface area contributed by atoms with Crippen molar-refractivity contribution in [3.05, 3.63) is 70.3 Å². The molecule has 0 saturated carbocycles. The Hall–Kier alpha value is -2.62. The van der Waals surface area contributed by atoms with Crippen LogP contribution in [-0.4, -0.2) is 28.4 Å². The van der Waals surface area contributed by atoms with E-state index in [-0.39, 0.29) is 11.5 Å².